The highest BCUT2D eigenvalue weighted by molar-refractivity contribution is 7.09. The zero-order chi connectivity index (χ0) is 14.1. The Kier molecular flexibility index (Phi) is 4.36. The minimum absolute atomic E-state index is 0.454. The van der Waals surface area contributed by atoms with Crippen molar-refractivity contribution < 1.29 is 0 Å². The van der Waals surface area contributed by atoms with Crippen LogP contribution in [0.4, 0.5) is 0 Å². The Morgan fingerprint density at radius 3 is 2.42 bits per heavy atom. The molecule has 0 aliphatic heterocycles. The van der Waals surface area contributed by atoms with Crippen LogP contribution in [0.15, 0.2) is 5.38 Å². The molecule has 0 unspecified atom stereocenters. The molecule has 3 heteroatoms. The average molecular weight is 280 g/mol. The second kappa shape index (κ2) is 5.53. The standard InChI is InChI=1S/C16H28N2S/c1-6-14-18-13(10-19-14)9-17-12-7-15(2,3)11-16(4,5)8-12/h10,12,17H,6-9,11H2,1-5H3. The Hall–Kier alpha value is -0.410. The van der Waals surface area contributed by atoms with Crippen LogP contribution in [0.2, 0.25) is 0 Å². The summed E-state index contributed by atoms with van der Waals surface area (Å²) in [5.74, 6) is 0. The summed E-state index contributed by atoms with van der Waals surface area (Å²) < 4.78 is 0. The van der Waals surface area contributed by atoms with Crippen LogP contribution in [0.1, 0.15) is 64.6 Å². The zero-order valence-corrected chi connectivity index (χ0v) is 13.9. The first-order chi connectivity index (χ1) is 8.80. The van der Waals surface area contributed by atoms with Crippen LogP contribution >= 0.6 is 11.3 Å². The van der Waals surface area contributed by atoms with Gasteiger partial charge in [-0.25, -0.2) is 4.98 Å². The van der Waals surface area contributed by atoms with Gasteiger partial charge in [0.05, 0.1) is 10.7 Å². The van der Waals surface area contributed by atoms with Gasteiger partial charge in [0.15, 0.2) is 0 Å². The molecule has 0 bridgehead atoms. The Balaban J connectivity index is 1.91. The van der Waals surface area contributed by atoms with Gasteiger partial charge in [-0.1, -0.05) is 34.6 Å². The smallest absolute Gasteiger partial charge is 0.0926 e. The first-order valence-corrected chi connectivity index (χ1v) is 8.34. The summed E-state index contributed by atoms with van der Waals surface area (Å²) in [5, 5.41) is 7.18. The van der Waals surface area contributed by atoms with E-state index in [9.17, 15) is 0 Å². The van der Waals surface area contributed by atoms with Gasteiger partial charge in [-0.2, -0.15) is 0 Å². The highest BCUT2D eigenvalue weighted by atomic mass is 32.1. The zero-order valence-electron chi connectivity index (χ0n) is 13.0. The maximum absolute atomic E-state index is 4.64. The second-order valence-corrected chi connectivity index (χ2v) is 8.52. The average Bonchev–Trinajstić information content (AvgIpc) is 2.70. The summed E-state index contributed by atoms with van der Waals surface area (Å²) in [6.45, 7) is 12.7. The van der Waals surface area contributed by atoms with Crippen molar-refractivity contribution in [1.29, 1.82) is 0 Å². The van der Waals surface area contributed by atoms with Crippen LogP contribution < -0.4 is 5.32 Å². The summed E-state index contributed by atoms with van der Waals surface area (Å²) in [6.07, 6.45) is 4.94. The summed E-state index contributed by atoms with van der Waals surface area (Å²) >= 11 is 1.78. The van der Waals surface area contributed by atoms with Gasteiger partial charge in [0.25, 0.3) is 0 Å². The molecule has 19 heavy (non-hydrogen) atoms. The molecule has 1 fully saturated rings. The van der Waals surface area contributed by atoms with E-state index in [-0.39, 0.29) is 0 Å². The van der Waals surface area contributed by atoms with Crippen molar-refractivity contribution in [2.75, 3.05) is 0 Å². The lowest BCUT2D eigenvalue weighted by Crippen LogP contribution is -2.43. The van der Waals surface area contributed by atoms with E-state index in [0.717, 1.165) is 13.0 Å². The molecule has 2 rings (SSSR count). The summed E-state index contributed by atoms with van der Waals surface area (Å²) in [7, 11) is 0. The molecule has 0 spiro atoms. The maximum Gasteiger partial charge on any atom is 0.0926 e. The number of aryl methyl sites for hydroxylation is 1. The van der Waals surface area contributed by atoms with Gasteiger partial charge in [-0.3, -0.25) is 0 Å². The number of nitrogens with zero attached hydrogens (tertiary/aromatic N) is 1. The van der Waals surface area contributed by atoms with Crippen molar-refractivity contribution >= 4 is 11.3 Å². The van der Waals surface area contributed by atoms with Crippen LogP contribution in [0.5, 0.6) is 0 Å². The van der Waals surface area contributed by atoms with E-state index in [1.54, 1.807) is 11.3 Å². The van der Waals surface area contributed by atoms with Crippen molar-refractivity contribution in [2.45, 2.75) is 72.9 Å². The van der Waals surface area contributed by atoms with Crippen LogP contribution in [0, 0.1) is 10.8 Å². The molecule has 1 heterocycles. The number of hydrogen-bond acceptors (Lipinski definition) is 3. The van der Waals surface area contributed by atoms with Crippen molar-refractivity contribution in [1.82, 2.24) is 10.3 Å². The third-order valence-electron chi connectivity index (χ3n) is 4.03. The third kappa shape index (κ3) is 4.28. The molecular weight excluding hydrogens is 252 g/mol. The summed E-state index contributed by atoms with van der Waals surface area (Å²) in [4.78, 5) is 4.64. The van der Waals surface area contributed by atoms with E-state index in [1.807, 2.05) is 0 Å². The molecule has 1 aliphatic rings. The topological polar surface area (TPSA) is 24.9 Å². The lowest BCUT2D eigenvalue weighted by atomic mass is 9.63. The number of nitrogens with one attached hydrogen (secondary N) is 1. The second-order valence-electron chi connectivity index (χ2n) is 7.58. The van der Waals surface area contributed by atoms with E-state index in [4.69, 9.17) is 0 Å². The fourth-order valence-corrected chi connectivity index (χ4v) is 4.58. The molecule has 0 atom stereocenters. The minimum Gasteiger partial charge on any atom is -0.308 e. The predicted molar refractivity (Wildman–Crippen MR) is 83.5 cm³/mol. The van der Waals surface area contributed by atoms with Gasteiger partial charge in [-0.15, -0.1) is 11.3 Å². The van der Waals surface area contributed by atoms with Crippen LogP contribution in [-0.2, 0) is 13.0 Å². The Bertz CT molecular complexity index is 404. The third-order valence-corrected chi connectivity index (χ3v) is 5.07. The van der Waals surface area contributed by atoms with Crippen molar-refractivity contribution in [3.8, 4) is 0 Å². The molecule has 108 valence electrons. The monoisotopic (exact) mass is 280 g/mol. The normalized spacial score (nSPS) is 22.6. The Morgan fingerprint density at radius 1 is 1.26 bits per heavy atom. The van der Waals surface area contributed by atoms with Gasteiger partial charge < -0.3 is 5.32 Å². The van der Waals surface area contributed by atoms with E-state index < -0.39 is 0 Å². The summed E-state index contributed by atoms with van der Waals surface area (Å²) in [5.41, 5.74) is 2.12. The molecule has 0 saturated heterocycles. The van der Waals surface area contributed by atoms with E-state index in [2.05, 4.69) is 50.3 Å². The van der Waals surface area contributed by atoms with Gasteiger partial charge >= 0.3 is 0 Å². The molecule has 2 nitrogen and oxygen atoms in total. The predicted octanol–water partition coefficient (Wildman–Crippen LogP) is 4.40. The highest BCUT2D eigenvalue weighted by Crippen LogP contribution is 2.45. The molecule has 1 aromatic heterocycles. The molecule has 0 aromatic carbocycles. The number of hydrogen-bond donors (Lipinski definition) is 1. The van der Waals surface area contributed by atoms with E-state index >= 15 is 0 Å². The molecule has 1 aliphatic carbocycles. The van der Waals surface area contributed by atoms with Crippen molar-refractivity contribution in [3.05, 3.63) is 16.1 Å². The fraction of sp³-hybridized carbons (Fsp3) is 0.812. The number of rotatable bonds is 4. The molecule has 1 aromatic rings. The Morgan fingerprint density at radius 2 is 1.89 bits per heavy atom. The van der Waals surface area contributed by atoms with Gasteiger partial charge in [0, 0.05) is 18.0 Å². The van der Waals surface area contributed by atoms with E-state index in [1.165, 1.54) is 30.0 Å². The van der Waals surface area contributed by atoms with Gasteiger partial charge in [-0.05, 0) is 36.5 Å². The molecular formula is C16H28N2S. The molecule has 0 amide bonds. The lowest BCUT2D eigenvalue weighted by molar-refractivity contribution is 0.0843. The van der Waals surface area contributed by atoms with E-state index in [0.29, 0.717) is 16.9 Å². The molecule has 0 radical (unpaired) electrons. The molecule has 1 N–H and O–H groups in total. The summed E-state index contributed by atoms with van der Waals surface area (Å²) in [6, 6.07) is 0.630. The number of aromatic nitrogens is 1. The van der Waals surface area contributed by atoms with Gasteiger partial charge in [0.2, 0.25) is 0 Å². The fourth-order valence-electron chi connectivity index (χ4n) is 3.83. The molecule has 1 saturated carbocycles. The van der Waals surface area contributed by atoms with Crippen molar-refractivity contribution in [2.24, 2.45) is 10.8 Å². The quantitative estimate of drug-likeness (QED) is 0.884. The lowest BCUT2D eigenvalue weighted by Gasteiger charge is -2.45. The van der Waals surface area contributed by atoms with Gasteiger partial charge in [0.1, 0.15) is 0 Å². The SMILES string of the molecule is CCc1nc(CNC2CC(C)(C)CC(C)(C)C2)cs1. The van der Waals surface area contributed by atoms with Crippen LogP contribution in [0.3, 0.4) is 0 Å². The number of thiazole rings is 1. The first-order valence-electron chi connectivity index (χ1n) is 7.46. The van der Waals surface area contributed by atoms with Crippen LogP contribution in [-0.4, -0.2) is 11.0 Å². The Labute approximate surface area is 122 Å². The van der Waals surface area contributed by atoms with Crippen molar-refractivity contribution in [3.63, 3.8) is 0 Å². The largest absolute Gasteiger partial charge is 0.308 e. The highest BCUT2D eigenvalue weighted by Gasteiger charge is 2.38. The maximum atomic E-state index is 4.64. The first kappa shape index (κ1) is 15.0. The minimum atomic E-state index is 0.454. The van der Waals surface area contributed by atoms with Crippen LogP contribution in [0.25, 0.3) is 0 Å².